The smallest absolute Gasteiger partial charge is 0.122 e. The topological polar surface area (TPSA) is 9.23 Å². The zero-order valence-electron chi connectivity index (χ0n) is 11.1. The van der Waals surface area contributed by atoms with Crippen molar-refractivity contribution in [2.75, 3.05) is 12.5 Å². The normalized spacial score (nSPS) is 18.4. The highest BCUT2D eigenvalue weighted by Gasteiger charge is 2.27. The Morgan fingerprint density at radius 2 is 1.85 bits per heavy atom. The van der Waals surface area contributed by atoms with Gasteiger partial charge in [-0.25, -0.2) is 0 Å². The van der Waals surface area contributed by atoms with E-state index in [1.165, 1.54) is 5.56 Å². The Morgan fingerprint density at radius 3 is 2.65 bits per heavy atom. The molecule has 0 aromatic heterocycles. The number of hydrogen-bond acceptors (Lipinski definition) is 1. The molecule has 2 aromatic carbocycles. The van der Waals surface area contributed by atoms with Gasteiger partial charge in [0.2, 0.25) is 0 Å². The van der Waals surface area contributed by atoms with Crippen LogP contribution in [0.25, 0.3) is 0 Å². The van der Waals surface area contributed by atoms with Crippen LogP contribution in [0.1, 0.15) is 29.4 Å². The van der Waals surface area contributed by atoms with Gasteiger partial charge in [0.15, 0.2) is 0 Å². The average Bonchev–Trinajstić information content (AvgIpc) is 2.89. The molecule has 0 fully saturated rings. The maximum absolute atomic E-state index is 6.29. The molecule has 3 heteroatoms. The molecule has 1 nitrogen and oxygen atoms in total. The van der Waals surface area contributed by atoms with Gasteiger partial charge in [-0.05, 0) is 30.0 Å². The molecule has 1 aliphatic heterocycles. The summed E-state index contributed by atoms with van der Waals surface area (Å²) in [5, 5.41) is 0.797. The van der Waals surface area contributed by atoms with E-state index in [0.29, 0.717) is 11.8 Å². The van der Waals surface area contributed by atoms with E-state index in [0.717, 1.165) is 29.4 Å². The fraction of sp³-hybridized carbons (Fsp3) is 0.294. The Kier molecular flexibility index (Phi) is 4.18. The van der Waals surface area contributed by atoms with Crippen molar-refractivity contribution in [1.82, 2.24) is 0 Å². The molecule has 0 radical (unpaired) electrons. The highest BCUT2D eigenvalue weighted by molar-refractivity contribution is 6.31. The SMILES string of the molecule is ClCC(CC1COc2ccccc21)c1ccccc1Cl. The van der Waals surface area contributed by atoms with Crippen LogP contribution in [-0.2, 0) is 0 Å². The van der Waals surface area contributed by atoms with E-state index in [1.54, 1.807) is 0 Å². The second-order valence-electron chi connectivity index (χ2n) is 5.15. The van der Waals surface area contributed by atoms with Crippen LogP contribution in [0.3, 0.4) is 0 Å². The van der Waals surface area contributed by atoms with Gasteiger partial charge < -0.3 is 4.74 Å². The molecule has 2 unspecified atom stereocenters. The van der Waals surface area contributed by atoms with Crippen molar-refractivity contribution >= 4 is 23.2 Å². The number of hydrogen-bond donors (Lipinski definition) is 0. The Bertz CT molecular complexity index is 597. The molecule has 0 N–H and O–H groups in total. The largest absolute Gasteiger partial charge is 0.493 e. The molecule has 3 rings (SSSR count). The van der Waals surface area contributed by atoms with E-state index in [1.807, 2.05) is 30.3 Å². The Morgan fingerprint density at radius 1 is 1.10 bits per heavy atom. The minimum Gasteiger partial charge on any atom is -0.493 e. The maximum atomic E-state index is 6.29. The first-order valence-electron chi connectivity index (χ1n) is 6.81. The Labute approximate surface area is 129 Å². The van der Waals surface area contributed by atoms with Crippen LogP contribution in [0.2, 0.25) is 5.02 Å². The average molecular weight is 307 g/mol. The first-order chi connectivity index (χ1) is 9.79. The summed E-state index contributed by atoms with van der Waals surface area (Å²) in [6, 6.07) is 16.2. The van der Waals surface area contributed by atoms with E-state index >= 15 is 0 Å². The van der Waals surface area contributed by atoms with Gasteiger partial charge in [0, 0.05) is 22.4 Å². The predicted octanol–water partition coefficient (Wildman–Crippen LogP) is 5.23. The summed E-state index contributed by atoms with van der Waals surface area (Å²) < 4.78 is 5.75. The molecule has 2 aromatic rings. The molecule has 1 heterocycles. The third-order valence-electron chi connectivity index (χ3n) is 3.90. The van der Waals surface area contributed by atoms with Gasteiger partial charge in [0.25, 0.3) is 0 Å². The number of ether oxygens (including phenoxy) is 1. The molecule has 0 aliphatic carbocycles. The van der Waals surface area contributed by atoms with Crippen molar-refractivity contribution in [3.63, 3.8) is 0 Å². The third-order valence-corrected chi connectivity index (χ3v) is 4.62. The minimum absolute atomic E-state index is 0.255. The van der Waals surface area contributed by atoms with E-state index in [4.69, 9.17) is 27.9 Å². The van der Waals surface area contributed by atoms with E-state index in [9.17, 15) is 0 Å². The van der Waals surface area contributed by atoms with Crippen molar-refractivity contribution in [3.05, 3.63) is 64.7 Å². The summed E-state index contributed by atoms with van der Waals surface area (Å²) in [6.45, 7) is 0.733. The van der Waals surface area contributed by atoms with Gasteiger partial charge in [-0.15, -0.1) is 11.6 Å². The van der Waals surface area contributed by atoms with E-state index < -0.39 is 0 Å². The molecule has 0 saturated heterocycles. The number of alkyl halides is 1. The van der Waals surface area contributed by atoms with Gasteiger partial charge in [0.1, 0.15) is 5.75 Å². The summed E-state index contributed by atoms with van der Waals surface area (Å²) >= 11 is 12.5. The van der Waals surface area contributed by atoms with Crippen LogP contribution in [-0.4, -0.2) is 12.5 Å². The molecule has 104 valence electrons. The lowest BCUT2D eigenvalue weighted by molar-refractivity contribution is 0.320. The first-order valence-corrected chi connectivity index (χ1v) is 7.73. The van der Waals surface area contributed by atoms with Crippen LogP contribution < -0.4 is 4.74 Å². The molecule has 0 saturated carbocycles. The molecule has 0 spiro atoms. The molecule has 1 aliphatic rings. The second kappa shape index (κ2) is 6.07. The van der Waals surface area contributed by atoms with Crippen molar-refractivity contribution in [2.24, 2.45) is 0 Å². The number of benzene rings is 2. The quantitative estimate of drug-likeness (QED) is 0.703. The minimum atomic E-state index is 0.255. The number of para-hydroxylation sites is 1. The molecule has 0 amide bonds. The molecule has 20 heavy (non-hydrogen) atoms. The van der Waals surface area contributed by atoms with Crippen LogP contribution in [0.5, 0.6) is 5.75 Å². The summed E-state index contributed by atoms with van der Waals surface area (Å²) in [5.74, 6) is 2.23. The number of halogens is 2. The summed E-state index contributed by atoms with van der Waals surface area (Å²) in [7, 11) is 0. The molecule has 2 atom stereocenters. The lowest BCUT2D eigenvalue weighted by Gasteiger charge is -2.19. The zero-order chi connectivity index (χ0) is 13.9. The van der Waals surface area contributed by atoms with E-state index in [-0.39, 0.29) is 5.92 Å². The predicted molar refractivity (Wildman–Crippen MR) is 84.2 cm³/mol. The van der Waals surface area contributed by atoms with Crippen molar-refractivity contribution in [2.45, 2.75) is 18.3 Å². The zero-order valence-corrected chi connectivity index (χ0v) is 12.6. The molecular formula is C17H16Cl2O. The third kappa shape index (κ3) is 2.65. The fourth-order valence-electron chi connectivity index (χ4n) is 2.85. The van der Waals surface area contributed by atoms with Gasteiger partial charge >= 0.3 is 0 Å². The Balaban J connectivity index is 1.82. The molecular weight excluding hydrogens is 291 g/mol. The number of rotatable bonds is 4. The van der Waals surface area contributed by atoms with Crippen molar-refractivity contribution < 1.29 is 4.74 Å². The summed E-state index contributed by atoms with van der Waals surface area (Å²) in [5.41, 5.74) is 2.42. The van der Waals surface area contributed by atoms with Crippen LogP contribution in [0.15, 0.2) is 48.5 Å². The lowest BCUT2D eigenvalue weighted by atomic mass is 9.87. The van der Waals surface area contributed by atoms with Crippen LogP contribution in [0.4, 0.5) is 0 Å². The van der Waals surface area contributed by atoms with Gasteiger partial charge in [0.05, 0.1) is 6.61 Å². The maximum Gasteiger partial charge on any atom is 0.122 e. The lowest BCUT2D eigenvalue weighted by Crippen LogP contribution is -2.09. The van der Waals surface area contributed by atoms with Crippen LogP contribution in [0, 0.1) is 0 Å². The second-order valence-corrected chi connectivity index (χ2v) is 5.87. The van der Waals surface area contributed by atoms with Crippen molar-refractivity contribution in [3.8, 4) is 5.75 Å². The van der Waals surface area contributed by atoms with Gasteiger partial charge in [-0.3, -0.25) is 0 Å². The van der Waals surface area contributed by atoms with Gasteiger partial charge in [-0.2, -0.15) is 0 Å². The van der Waals surface area contributed by atoms with E-state index in [2.05, 4.69) is 18.2 Å². The van der Waals surface area contributed by atoms with Gasteiger partial charge in [-0.1, -0.05) is 48.0 Å². The van der Waals surface area contributed by atoms with Crippen LogP contribution >= 0.6 is 23.2 Å². The molecule has 0 bridgehead atoms. The summed E-state index contributed by atoms with van der Waals surface area (Å²) in [4.78, 5) is 0. The number of fused-ring (bicyclic) bond motifs is 1. The highest BCUT2D eigenvalue weighted by atomic mass is 35.5. The summed E-state index contributed by atoms with van der Waals surface area (Å²) in [6.07, 6.45) is 0.963. The monoisotopic (exact) mass is 306 g/mol. The van der Waals surface area contributed by atoms with Crippen molar-refractivity contribution in [1.29, 1.82) is 0 Å². The Hall–Kier alpha value is -1.18. The standard InChI is InChI=1S/C17H16Cl2O/c18-10-12(14-5-1-3-7-16(14)19)9-13-11-20-17-8-4-2-6-15(13)17/h1-8,12-13H,9-11H2. The first kappa shape index (κ1) is 13.8. The fourth-order valence-corrected chi connectivity index (χ4v) is 3.43. The highest BCUT2D eigenvalue weighted by Crippen LogP contribution is 2.40.